The second-order valence-corrected chi connectivity index (χ2v) is 5.52. The topological polar surface area (TPSA) is 93.5 Å². The van der Waals surface area contributed by atoms with Crippen molar-refractivity contribution in [2.75, 3.05) is 6.61 Å². The van der Waals surface area contributed by atoms with E-state index in [0.717, 1.165) is 5.39 Å². The van der Waals surface area contributed by atoms with E-state index in [1.165, 1.54) is 0 Å². The molecule has 0 saturated carbocycles. The van der Waals surface area contributed by atoms with Crippen LogP contribution in [0.4, 0.5) is 0 Å². The lowest BCUT2D eigenvalue weighted by molar-refractivity contribution is -0.129. The van der Waals surface area contributed by atoms with Crippen molar-refractivity contribution in [1.29, 1.82) is 0 Å². The Morgan fingerprint density at radius 3 is 2.60 bits per heavy atom. The number of hydrazine groups is 1. The minimum Gasteiger partial charge on any atom is -0.482 e. The molecule has 0 radical (unpaired) electrons. The Balaban J connectivity index is 1.47. The average Bonchev–Trinajstić information content (AvgIpc) is 3.02. The van der Waals surface area contributed by atoms with Gasteiger partial charge >= 0.3 is 0 Å². The van der Waals surface area contributed by atoms with Crippen LogP contribution in [0.2, 0.25) is 5.02 Å². The van der Waals surface area contributed by atoms with Gasteiger partial charge in [0.2, 0.25) is 5.91 Å². The van der Waals surface area contributed by atoms with Crippen LogP contribution < -0.4 is 15.6 Å². The number of rotatable bonds is 5. The lowest BCUT2D eigenvalue weighted by Gasteiger charge is -2.09. The molecule has 3 rings (SSSR count). The summed E-state index contributed by atoms with van der Waals surface area (Å²) >= 11 is 5.92. The van der Waals surface area contributed by atoms with Crippen LogP contribution in [0.5, 0.6) is 5.75 Å². The first kappa shape index (κ1) is 16.8. The van der Waals surface area contributed by atoms with E-state index in [9.17, 15) is 9.59 Å². The molecule has 0 aliphatic rings. The Labute approximate surface area is 147 Å². The molecule has 0 aliphatic heterocycles. The van der Waals surface area contributed by atoms with Crippen LogP contribution in [0.15, 0.2) is 53.1 Å². The van der Waals surface area contributed by atoms with Crippen LogP contribution in [-0.2, 0) is 16.0 Å². The standard InChI is InChI=1S/C17H14ClN3O4/c18-12-6-2-4-8-15(12)24-10-17(23)20-19-16(22)9-13-11-5-1-3-7-14(11)25-21-13/h1-8H,9-10H2,(H,19,22)(H,20,23). The molecule has 8 heteroatoms. The minimum atomic E-state index is -0.515. The lowest BCUT2D eigenvalue weighted by atomic mass is 10.2. The van der Waals surface area contributed by atoms with Gasteiger partial charge in [-0.2, -0.15) is 0 Å². The number of hydrogen-bond acceptors (Lipinski definition) is 5. The van der Waals surface area contributed by atoms with Crippen molar-refractivity contribution in [2.24, 2.45) is 0 Å². The van der Waals surface area contributed by atoms with Crippen LogP contribution in [-0.4, -0.2) is 23.6 Å². The van der Waals surface area contributed by atoms with Crippen LogP contribution in [0.25, 0.3) is 11.0 Å². The van der Waals surface area contributed by atoms with E-state index in [2.05, 4.69) is 16.0 Å². The fourth-order valence-electron chi connectivity index (χ4n) is 2.14. The molecule has 7 nitrogen and oxygen atoms in total. The first-order chi connectivity index (χ1) is 12.1. The summed E-state index contributed by atoms with van der Waals surface area (Å²) in [5.74, 6) is -0.553. The number of nitrogens with one attached hydrogen (secondary N) is 2. The third-order valence-corrected chi connectivity index (χ3v) is 3.63. The molecule has 3 aromatic rings. The second-order valence-electron chi connectivity index (χ2n) is 5.12. The summed E-state index contributed by atoms with van der Waals surface area (Å²) in [6, 6.07) is 14.0. The number of ether oxygens (including phenoxy) is 1. The smallest absolute Gasteiger partial charge is 0.276 e. The first-order valence-electron chi connectivity index (χ1n) is 7.42. The fourth-order valence-corrected chi connectivity index (χ4v) is 2.33. The number of hydrogen-bond donors (Lipinski definition) is 2. The maximum atomic E-state index is 11.9. The van der Waals surface area contributed by atoms with Gasteiger partial charge in [0, 0.05) is 5.39 Å². The lowest BCUT2D eigenvalue weighted by Crippen LogP contribution is -2.44. The molecule has 2 N–H and O–H groups in total. The number of aromatic nitrogens is 1. The highest BCUT2D eigenvalue weighted by molar-refractivity contribution is 6.32. The Morgan fingerprint density at radius 2 is 1.76 bits per heavy atom. The van der Waals surface area contributed by atoms with Gasteiger partial charge in [-0.3, -0.25) is 20.4 Å². The summed E-state index contributed by atoms with van der Waals surface area (Å²) in [7, 11) is 0. The van der Waals surface area contributed by atoms with Crippen LogP contribution in [0.1, 0.15) is 5.69 Å². The van der Waals surface area contributed by atoms with E-state index < -0.39 is 11.8 Å². The molecular weight excluding hydrogens is 346 g/mol. The molecule has 2 amide bonds. The molecule has 0 saturated heterocycles. The zero-order valence-corrected chi connectivity index (χ0v) is 13.7. The molecule has 0 atom stereocenters. The number of benzene rings is 2. The average molecular weight is 360 g/mol. The highest BCUT2D eigenvalue weighted by Gasteiger charge is 2.13. The van der Waals surface area contributed by atoms with Gasteiger partial charge in [0.15, 0.2) is 12.2 Å². The Bertz CT molecular complexity index is 910. The number of para-hydroxylation sites is 2. The molecule has 0 fully saturated rings. The fraction of sp³-hybridized carbons (Fsp3) is 0.118. The number of carbonyl (C=O) groups excluding carboxylic acids is 2. The van der Waals surface area contributed by atoms with Gasteiger partial charge in [-0.05, 0) is 24.3 Å². The summed E-state index contributed by atoms with van der Waals surface area (Å²) in [4.78, 5) is 23.6. The van der Waals surface area contributed by atoms with E-state index in [4.69, 9.17) is 20.9 Å². The molecular formula is C17H14ClN3O4. The summed E-state index contributed by atoms with van der Waals surface area (Å²) in [5, 5.41) is 5.02. The van der Waals surface area contributed by atoms with Gasteiger partial charge in [-0.25, -0.2) is 0 Å². The molecule has 0 spiro atoms. The highest BCUT2D eigenvalue weighted by atomic mass is 35.5. The maximum absolute atomic E-state index is 11.9. The number of amides is 2. The predicted octanol–water partition coefficient (Wildman–Crippen LogP) is 2.25. The van der Waals surface area contributed by atoms with Crippen LogP contribution >= 0.6 is 11.6 Å². The van der Waals surface area contributed by atoms with E-state index in [-0.39, 0.29) is 13.0 Å². The molecule has 128 valence electrons. The number of halogens is 1. The van der Waals surface area contributed by atoms with Crippen molar-refractivity contribution >= 4 is 34.4 Å². The van der Waals surface area contributed by atoms with E-state index in [1.54, 1.807) is 30.3 Å². The molecule has 0 unspecified atom stereocenters. The normalized spacial score (nSPS) is 10.4. The third-order valence-electron chi connectivity index (χ3n) is 3.32. The molecule has 0 aliphatic carbocycles. The van der Waals surface area contributed by atoms with Gasteiger partial charge in [0.1, 0.15) is 11.4 Å². The number of nitrogens with zero attached hydrogens (tertiary/aromatic N) is 1. The van der Waals surface area contributed by atoms with Gasteiger partial charge in [-0.1, -0.05) is 41.0 Å². The molecule has 25 heavy (non-hydrogen) atoms. The summed E-state index contributed by atoms with van der Waals surface area (Å²) in [5.41, 5.74) is 5.67. The Morgan fingerprint density at radius 1 is 1.04 bits per heavy atom. The minimum absolute atomic E-state index is 0.0251. The second kappa shape index (κ2) is 7.67. The Hall–Kier alpha value is -3.06. The van der Waals surface area contributed by atoms with Crippen molar-refractivity contribution in [3.05, 3.63) is 59.2 Å². The van der Waals surface area contributed by atoms with Crippen molar-refractivity contribution in [3.8, 4) is 5.75 Å². The van der Waals surface area contributed by atoms with Crippen molar-refractivity contribution < 1.29 is 18.8 Å². The van der Waals surface area contributed by atoms with Gasteiger partial charge in [0.05, 0.1) is 11.4 Å². The summed E-state index contributed by atoms with van der Waals surface area (Å²) in [6.45, 7) is -0.281. The third kappa shape index (κ3) is 4.27. The van der Waals surface area contributed by atoms with Crippen molar-refractivity contribution in [2.45, 2.75) is 6.42 Å². The SMILES string of the molecule is O=C(COc1ccccc1Cl)NNC(=O)Cc1noc2ccccc12. The zero-order valence-electron chi connectivity index (χ0n) is 13.0. The van der Waals surface area contributed by atoms with E-state index in [0.29, 0.717) is 22.0 Å². The van der Waals surface area contributed by atoms with Gasteiger partial charge < -0.3 is 9.26 Å². The zero-order chi connectivity index (χ0) is 17.6. The Kier molecular flexibility index (Phi) is 5.15. The number of carbonyl (C=O) groups is 2. The van der Waals surface area contributed by atoms with Gasteiger partial charge in [0.25, 0.3) is 5.91 Å². The van der Waals surface area contributed by atoms with Crippen LogP contribution in [0.3, 0.4) is 0 Å². The van der Waals surface area contributed by atoms with Crippen molar-refractivity contribution in [1.82, 2.24) is 16.0 Å². The molecule has 0 bridgehead atoms. The molecule has 1 heterocycles. The largest absolute Gasteiger partial charge is 0.482 e. The summed E-state index contributed by atoms with van der Waals surface area (Å²) < 4.78 is 10.4. The van der Waals surface area contributed by atoms with E-state index >= 15 is 0 Å². The van der Waals surface area contributed by atoms with E-state index in [1.807, 2.05) is 18.2 Å². The van der Waals surface area contributed by atoms with Crippen molar-refractivity contribution in [3.63, 3.8) is 0 Å². The molecule has 2 aromatic carbocycles. The van der Waals surface area contributed by atoms with Gasteiger partial charge in [-0.15, -0.1) is 0 Å². The maximum Gasteiger partial charge on any atom is 0.276 e. The monoisotopic (exact) mass is 359 g/mol. The predicted molar refractivity (Wildman–Crippen MR) is 90.9 cm³/mol. The molecule has 1 aromatic heterocycles. The quantitative estimate of drug-likeness (QED) is 0.681. The first-order valence-corrected chi connectivity index (χ1v) is 7.79. The summed E-state index contributed by atoms with van der Waals surface area (Å²) in [6.07, 6.45) is -0.0251. The van der Waals surface area contributed by atoms with Crippen LogP contribution in [0, 0.1) is 0 Å². The highest BCUT2D eigenvalue weighted by Crippen LogP contribution is 2.22. The number of fused-ring (bicyclic) bond motifs is 1.